The molecule has 0 N–H and O–H groups in total. The highest BCUT2D eigenvalue weighted by Crippen LogP contribution is 2.19. The van der Waals surface area contributed by atoms with Gasteiger partial charge in [-0.3, -0.25) is 9.59 Å². The summed E-state index contributed by atoms with van der Waals surface area (Å²) >= 11 is 0. The number of ether oxygens (including phenoxy) is 1. The summed E-state index contributed by atoms with van der Waals surface area (Å²) < 4.78 is 7.69. The molecule has 8 nitrogen and oxygen atoms in total. The van der Waals surface area contributed by atoms with Crippen molar-refractivity contribution < 1.29 is 9.53 Å². The highest BCUT2D eigenvalue weighted by Gasteiger charge is 2.30. The molecule has 4 heterocycles. The molecule has 1 aliphatic heterocycles. The zero-order valence-corrected chi connectivity index (χ0v) is 16.8. The molecule has 0 aliphatic carbocycles. The first-order valence-electron chi connectivity index (χ1n) is 9.73. The normalized spacial score (nSPS) is 16.4. The minimum absolute atomic E-state index is 0.167. The molecule has 1 unspecified atom stereocenters. The number of pyridine rings is 2. The van der Waals surface area contributed by atoms with E-state index >= 15 is 0 Å². The Balaban J connectivity index is 1.57. The van der Waals surface area contributed by atoms with E-state index in [9.17, 15) is 9.59 Å². The molecule has 0 bridgehead atoms. The van der Waals surface area contributed by atoms with Crippen LogP contribution in [0.2, 0.25) is 0 Å². The molecule has 1 saturated heterocycles. The lowest BCUT2D eigenvalue weighted by Crippen LogP contribution is -2.34. The summed E-state index contributed by atoms with van der Waals surface area (Å²) in [6.45, 7) is 7.25. The lowest BCUT2D eigenvalue weighted by atomic mass is 10.1. The number of fused-ring (bicyclic) bond motifs is 1. The highest BCUT2D eigenvalue weighted by molar-refractivity contribution is 5.97. The molecule has 0 radical (unpaired) electrons. The van der Waals surface area contributed by atoms with Crippen LogP contribution in [0.25, 0.3) is 11.0 Å². The van der Waals surface area contributed by atoms with Crippen LogP contribution in [0, 0.1) is 13.8 Å². The first-order chi connectivity index (χ1) is 14.0. The third kappa shape index (κ3) is 3.70. The Morgan fingerprint density at radius 2 is 1.97 bits per heavy atom. The second-order valence-corrected chi connectivity index (χ2v) is 7.27. The van der Waals surface area contributed by atoms with E-state index in [0.717, 1.165) is 11.4 Å². The van der Waals surface area contributed by atoms with Crippen molar-refractivity contribution in [2.75, 3.05) is 13.1 Å². The number of rotatable bonds is 4. The van der Waals surface area contributed by atoms with Gasteiger partial charge in [0.15, 0.2) is 0 Å². The van der Waals surface area contributed by atoms with Crippen LogP contribution in [0.4, 0.5) is 0 Å². The lowest BCUT2D eigenvalue weighted by Gasteiger charge is -2.18. The number of aromatic nitrogens is 4. The molecule has 0 aromatic carbocycles. The van der Waals surface area contributed by atoms with Crippen LogP contribution in [-0.4, -0.2) is 49.7 Å². The van der Waals surface area contributed by atoms with Gasteiger partial charge in [0.2, 0.25) is 11.3 Å². The van der Waals surface area contributed by atoms with Crippen LogP contribution in [0.1, 0.15) is 35.1 Å². The Hall–Kier alpha value is -3.29. The number of hydrogen-bond acceptors (Lipinski definition) is 6. The summed E-state index contributed by atoms with van der Waals surface area (Å²) in [6.07, 6.45) is 2.13. The molecule has 3 aromatic rings. The quantitative estimate of drug-likeness (QED) is 0.674. The number of amides is 1. The predicted octanol–water partition coefficient (Wildman–Crippen LogP) is 2.12. The van der Waals surface area contributed by atoms with E-state index in [1.807, 2.05) is 31.4 Å². The van der Waals surface area contributed by atoms with E-state index in [4.69, 9.17) is 4.74 Å². The second-order valence-electron chi connectivity index (χ2n) is 7.27. The fraction of sp³-hybridized carbons (Fsp3) is 0.381. The van der Waals surface area contributed by atoms with Gasteiger partial charge < -0.3 is 14.2 Å². The molecular formula is C21H23N5O3. The first kappa shape index (κ1) is 19.0. The van der Waals surface area contributed by atoms with Gasteiger partial charge in [0.05, 0.1) is 17.6 Å². The molecule has 1 fully saturated rings. The summed E-state index contributed by atoms with van der Waals surface area (Å²) in [5, 5.41) is 8.46. The number of likely N-dealkylation sites (tertiary alicyclic amines) is 1. The maximum absolute atomic E-state index is 13.1. The molecule has 1 atom stereocenters. The molecule has 4 rings (SSSR count). The molecule has 29 heavy (non-hydrogen) atoms. The number of hydrogen-bond donors (Lipinski definition) is 0. The van der Waals surface area contributed by atoms with Gasteiger partial charge in [-0.25, -0.2) is 4.98 Å². The molecule has 1 amide bonds. The average Bonchev–Trinajstić information content (AvgIpc) is 3.18. The minimum atomic E-state index is -0.282. The SMILES string of the molecule is CCn1cc(C(=O)N2CCC(Oc3ccc(C)nn3)C2)c(=O)c2ccc(C)nc21. The van der Waals surface area contributed by atoms with Crippen molar-refractivity contribution >= 4 is 16.9 Å². The fourth-order valence-electron chi connectivity index (χ4n) is 3.55. The maximum atomic E-state index is 13.1. The van der Waals surface area contributed by atoms with Crippen LogP contribution in [0.15, 0.2) is 35.3 Å². The third-order valence-corrected chi connectivity index (χ3v) is 5.12. The van der Waals surface area contributed by atoms with Crippen LogP contribution in [0.5, 0.6) is 5.88 Å². The van der Waals surface area contributed by atoms with Gasteiger partial charge in [-0.15, -0.1) is 5.10 Å². The molecule has 0 saturated carbocycles. The standard InChI is InChI=1S/C21H23N5O3/c1-4-25-12-17(19(27)16-7-5-13(2)22-20(16)25)21(28)26-10-9-15(11-26)29-18-8-6-14(3)23-24-18/h5-8,12,15H,4,9-11H2,1-3H3. The van der Waals surface area contributed by atoms with E-state index in [-0.39, 0.29) is 23.0 Å². The van der Waals surface area contributed by atoms with Gasteiger partial charge in [0.25, 0.3) is 5.91 Å². The predicted molar refractivity (Wildman–Crippen MR) is 108 cm³/mol. The van der Waals surface area contributed by atoms with E-state index in [1.165, 1.54) is 0 Å². The van der Waals surface area contributed by atoms with Gasteiger partial charge in [-0.2, -0.15) is 5.10 Å². The second kappa shape index (κ2) is 7.62. The Morgan fingerprint density at radius 1 is 1.17 bits per heavy atom. The van der Waals surface area contributed by atoms with E-state index in [0.29, 0.717) is 43.0 Å². The number of aryl methyl sites for hydroxylation is 3. The van der Waals surface area contributed by atoms with Gasteiger partial charge in [0, 0.05) is 37.5 Å². The molecular weight excluding hydrogens is 370 g/mol. The Morgan fingerprint density at radius 3 is 2.69 bits per heavy atom. The van der Waals surface area contributed by atoms with Crippen molar-refractivity contribution in [3.05, 3.63) is 57.6 Å². The third-order valence-electron chi connectivity index (χ3n) is 5.12. The van der Waals surface area contributed by atoms with Crippen molar-refractivity contribution in [2.24, 2.45) is 0 Å². The average molecular weight is 393 g/mol. The Labute approximate surface area is 168 Å². The Kier molecular flexibility index (Phi) is 5.00. The van der Waals surface area contributed by atoms with Crippen LogP contribution in [0.3, 0.4) is 0 Å². The van der Waals surface area contributed by atoms with Gasteiger partial charge >= 0.3 is 0 Å². The van der Waals surface area contributed by atoms with Gasteiger partial charge in [0.1, 0.15) is 17.3 Å². The highest BCUT2D eigenvalue weighted by atomic mass is 16.5. The molecule has 0 spiro atoms. The van der Waals surface area contributed by atoms with Crippen LogP contribution in [-0.2, 0) is 6.54 Å². The largest absolute Gasteiger partial charge is 0.471 e. The first-order valence-corrected chi connectivity index (χ1v) is 9.73. The number of nitrogens with zero attached hydrogens (tertiary/aromatic N) is 5. The summed E-state index contributed by atoms with van der Waals surface area (Å²) in [5.74, 6) is 0.163. The Bertz CT molecular complexity index is 1120. The monoisotopic (exact) mass is 393 g/mol. The lowest BCUT2D eigenvalue weighted by molar-refractivity contribution is 0.0769. The van der Waals surface area contributed by atoms with E-state index in [1.54, 1.807) is 29.3 Å². The minimum Gasteiger partial charge on any atom is -0.471 e. The smallest absolute Gasteiger partial charge is 0.259 e. The van der Waals surface area contributed by atoms with Crippen molar-refractivity contribution in [3.63, 3.8) is 0 Å². The van der Waals surface area contributed by atoms with Crippen molar-refractivity contribution in [1.82, 2.24) is 24.6 Å². The van der Waals surface area contributed by atoms with E-state index < -0.39 is 0 Å². The van der Waals surface area contributed by atoms with E-state index in [2.05, 4.69) is 15.2 Å². The van der Waals surface area contributed by atoms with Crippen molar-refractivity contribution in [2.45, 2.75) is 39.8 Å². The van der Waals surface area contributed by atoms with Crippen molar-refractivity contribution in [3.8, 4) is 5.88 Å². The summed E-state index contributed by atoms with van der Waals surface area (Å²) in [5.41, 5.74) is 2.14. The van der Waals surface area contributed by atoms with Crippen molar-refractivity contribution in [1.29, 1.82) is 0 Å². The van der Waals surface area contributed by atoms with Gasteiger partial charge in [-0.1, -0.05) is 0 Å². The topological polar surface area (TPSA) is 90.2 Å². The summed E-state index contributed by atoms with van der Waals surface area (Å²) in [7, 11) is 0. The molecule has 3 aromatic heterocycles. The molecule has 1 aliphatic rings. The number of carbonyl (C=O) groups is 1. The fourth-order valence-corrected chi connectivity index (χ4v) is 3.55. The zero-order chi connectivity index (χ0) is 20.5. The number of carbonyl (C=O) groups excluding carboxylic acids is 1. The van der Waals surface area contributed by atoms with Crippen LogP contribution >= 0.6 is 0 Å². The molecule has 150 valence electrons. The molecule has 8 heteroatoms. The van der Waals surface area contributed by atoms with Gasteiger partial charge in [-0.05, 0) is 39.0 Å². The van der Waals surface area contributed by atoms with Crippen LogP contribution < -0.4 is 10.2 Å². The summed E-state index contributed by atoms with van der Waals surface area (Å²) in [6, 6.07) is 7.14. The maximum Gasteiger partial charge on any atom is 0.259 e. The summed E-state index contributed by atoms with van der Waals surface area (Å²) in [4.78, 5) is 32.2. The zero-order valence-electron chi connectivity index (χ0n) is 16.8.